The summed E-state index contributed by atoms with van der Waals surface area (Å²) < 4.78 is 22.1. The number of carbonyl (C=O) groups is 2. The quantitative estimate of drug-likeness (QED) is 0.240. The molecule has 0 atom stereocenters. The molecule has 0 spiro atoms. The van der Waals surface area contributed by atoms with Gasteiger partial charge in [0.25, 0.3) is 5.91 Å². The second-order valence-electron chi connectivity index (χ2n) is 8.60. The number of halogens is 1. The van der Waals surface area contributed by atoms with E-state index in [4.69, 9.17) is 30.2 Å². The smallest absolute Gasteiger partial charge is 0.341 e. The highest BCUT2D eigenvalue weighted by molar-refractivity contribution is 7.16. The van der Waals surface area contributed by atoms with Gasteiger partial charge in [-0.25, -0.2) is 4.79 Å². The monoisotopic (exact) mass is 555 g/mol. The van der Waals surface area contributed by atoms with E-state index in [0.29, 0.717) is 32.5 Å². The largest absolute Gasteiger partial charge is 0.484 e. The van der Waals surface area contributed by atoms with E-state index in [2.05, 4.69) is 5.32 Å². The van der Waals surface area contributed by atoms with Crippen LogP contribution in [-0.2, 0) is 9.53 Å². The van der Waals surface area contributed by atoms with Crippen molar-refractivity contribution in [1.29, 1.82) is 0 Å². The first-order valence-corrected chi connectivity index (χ1v) is 13.0. The highest BCUT2D eigenvalue weighted by atomic mass is 35.5. The first-order valence-electron chi connectivity index (χ1n) is 11.8. The van der Waals surface area contributed by atoms with Gasteiger partial charge in [-0.15, -0.1) is 11.3 Å². The van der Waals surface area contributed by atoms with E-state index in [-0.39, 0.29) is 30.0 Å². The van der Waals surface area contributed by atoms with Crippen molar-refractivity contribution in [1.82, 2.24) is 0 Å². The number of anilines is 1. The second kappa shape index (κ2) is 11.3. The molecule has 8 nitrogen and oxygen atoms in total. The van der Waals surface area contributed by atoms with E-state index in [1.54, 1.807) is 38.1 Å². The molecule has 2 heterocycles. The minimum Gasteiger partial charge on any atom is -0.484 e. The first kappa shape index (κ1) is 27.2. The fourth-order valence-corrected chi connectivity index (χ4v) is 4.99. The SMILES string of the molecule is CCOC(=O)c1c(NC(=O)COc2ccc3c(=O)c(Oc4cc(C)c(Cl)c(C)c4)coc3c2)sc(C)c1C. The molecule has 4 aromatic rings. The molecule has 38 heavy (non-hydrogen) atoms. The van der Waals surface area contributed by atoms with Gasteiger partial charge in [0, 0.05) is 16.0 Å². The Morgan fingerprint density at radius 1 is 1.05 bits per heavy atom. The molecule has 0 unspecified atom stereocenters. The summed E-state index contributed by atoms with van der Waals surface area (Å²) in [5, 5.41) is 4.08. The van der Waals surface area contributed by atoms with E-state index >= 15 is 0 Å². The number of amides is 1. The molecule has 1 N–H and O–H groups in total. The Labute approximate surface area is 228 Å². The number of carbonyl (C=O) groups excluding carboxylic acids is 2. The van der Waals surface area contributed by atoms with Gasteiger partial charge >= 0.3 is 5.97 Å². The van der Waals surface area contributed by atoms with Crippen LogP contribution in [0.25, 0.3) is 11.0 Å². The van der Waals surface area contributed by atoms with Gasteiger partial charge in [-0.2, -0.15) is 0 Å². The zero-order chi connectivity index (χ0) is 27.6. The number of rotatable bonds is 8. The number of nitrogens with one attached hydrogen (secondary N) is 1. The van der Waals surface area contributed by atoms with E-state index in [0.717, 1.165) is 21.6 Å². The Morgan fingerprint density at radius 2 is 1.76 bits per heavy atom. The molecular weight excluding hydrogens is 530 g/mol. The normalized spacial score (nSPS) is 10.9. The fraction of sp³-hybridized carbons (Fsp3) is 0.250. The maximum Gasteiger partial charge on any atom is 0.341 e. The number of aryl methyl sites for hydroxylation is 3. The number of fused-ring (bicyclic) bond motifs is 1. The standard InChI is InChI=1S/C28H26ClNO7S/c1-6-34-28(33)24-16(4)17(5)38-27(24)30-23(31)13-35-18-7-8-20-21(11-18)36-12-22(26(20)32)37-19-9-14(2)25(29)15(3)10-19/h7-12H,6,13H2,1-5H3,(H,30,31). The van der Waals surface area contributed by atoms with Crippen molar-refractivity contribution in [2.45, 2.75) is 34.6 Å². The van der Waals surface area contributed by atoms with Gasteiger partial charge in [-0.05, 0) is 75.6 Å². The fourth-order valence-electron chi connectivity index (χ4n) is 3.82. The number of esters is 1. The van der Waals surface area contributed by atoms with Crippen molar-refractivity contribution in [3.05, 3.63) is 79.0 Å². The van der Waals surface area contributed by atoms with E-state index < -0.39 is 11.9 Å². The predicted octanol–water partition coefficient (Wildman–Crippen LogP) is 6.73. The van der Waals surface area contributed by atoms with Crippen LogP contribution in [-0.4, -0.2) is 25.1 Å². The summed E-state index contributed by atoms with van der Waals surface area (Å²) in [4.78, 5) is 38.8. The van der Waals surface area contributed by atoms with Crippen LogP contribution < -0.4 is 20.2 Å². The third kappa shape index (κ3) is 5.69. The summed E-state index contributed by atoms with van der Waals surface area (Å²) in [5.41, 5.74) is 2.70. The minimum absolute atomic E-state index is 0.0330. The lowest BCUT2D eigenvalue weighted by Gasteiger charge is -2.10. The van der Waals surface area contributed by atoms with Crippen molar-refractivity contribution in [3.63, 3.8) is 0 Å². The minimum atomic E-state index is -0.486. The summed E-state index contributed by atoms with van der Waals surface area (Å²) in [5.74, 6) is -0.0945. The van der Waals surface area contributed by atoms with Crippen molar-refractivity contribution in [2.24, 2.45) is 0 Å². The average molecular weight is 556 g/mol. The third-order valence-electron chi connectivity index (χ3n) is 5.84. The molecule has 0 fully saturated rings. The van der Waals surface area contributed by atoms with Crippen LogP contribution in [0.2, 0.25) is 5.02 Å². The summed E-state index contributed by atoms with van der Waals surface area (Å²) in [7, 11) is 0. The molecule has 2 aromatic carbocycles. The zero-order valence-electron chi connectivity index (χ0n) is 21.5. The van der Waals surface area contributed by atoms with Gasteiger partial charge in [0.2, 0.25) is 11.2 Å². The van der Waals surface area contributed by atoms with Gasteiger partial charge in [0.15, 0.2) is 6.61 Å². The molecule has 0 bridgehead atoms. The van der Waals surface area contributed by atoms with Crippen molar-refractivity contribution in [3.8, 4) is 17.2 Å². The highest BCUT2D eigenvalue weighted by Crippen LogP contribution is 2.33. The molecule has 0 aliphatic carbocycles. The van der Waals surface area contributed by atoms with E-state index in [1.165, 1.54) is 23.7 Å². The third-order valence-corrected chi connectivity index (χ3v) is 7.56. The molecule has 0 aliphatic rings. The van der Waals surface area contributed by atoms with Crippen LogP contribution in [0.15, 0.2) is 45.8 Å². The summed E-state index contributed by atoms with van der Waals surface area (Å²) >= 11 is 7.51. The lowest BCUT2D eigenvalue weighted by atomic mass is 10.1. The number of hydrogen-bond acceptors (Lipinski definition) is 8. The number of ether oxygens (including phenoxy) is 3. The summed E-state index contributed by atoms with van der Waals surface area (Å²) in [6.07, 6.45) is 1.23. The van der Waals surface area contributed by atoms with Crippen LogP contribution in [0.5, 0.6) is 17.2 Å². The highest BCUT2D eigenvalue weighted by Gasteiger charge is 2.22. The Balaban J connectivity index is 1.46. The molecule has 4 rings (SSSR count). The zero-order valence-corrected chi connectivity index (χ0v) is 23.1. The number of thiophene rings is 1. The maximum atomic E-state index is 13.0. The molecule has 2 aromatic heterocycles. The molecular formula is C28H26ClNO7S. The van der Waals surface area contributed by atoms with Crippen LogP contribution in [0.3, 0.4) is 0 Å². The number of benzene rings is 2. The number of hydrogen-bond donors (Lipinski definition) is 1. The van der Waals surface area contributed by atoms with Crippen molar-refractivity contribution < 1.29 is 28.2 Å². The van der Waals surface area contributed by atoms with Gasteiger partial charge < -0.3 is 23.9 Å². The van der Waals surface area contributed by atoms with Crippen LogP contribution in [0, 0.1) is 27.7 Å². The Kier molecular flexibility index (Phi) is 8.08. The van der Waals surface area contributed by atoms with Crippen LogP contribution in [0.1, 0.15) is 38.8 Å². The molecule has 0 saturated carbocycles. The molecule has 1 amide bonds. The molecule has 0 saturated heterocycles. The second-order valence-corrected chi connectivity index (χ2v) is 10.2. The van der Waals surface area contributed by atoms with Gasteiger partial charge in [-0.1, -0.05) is 11.6 Å². The summed E-state index contributed by atoms with van der Waals surface area (Å²) in [6.45, 7) is 9.02. The van der Waals surface area contributed by atoms with E-state index in [9.17, 15) is 14.4 Å². The molecule has 0 aliphatic heterocycles. The Morgan fingerprint density at radius 3 is 2.45 bits per heavy atom. The summed E-state index contributed by atoms with van der Waals surface area (Å²) in [6, 6.07) is 8.12. The van der Waals surface area contributed by atoms with Crippen LogP contribution >= 0.6 is 22.9 Å². The van der Waals surface area contributed by atoms with Gasteiger partial charge in [0.1, 0.15) is 28.3 Å². The lowest BCUT2D eigenvalue weighted by molar-refractivity contribution is -0.118. The molecule has 198 valence electrons. The predicted molar refractivity (Wildman–Crippen MR) is 147 cm³/mol. The Bertz CT molecular complexity index is 1580. The average Bonchev–Trinajstić information content (AvgIpc) is 3.15. The Hall–Kier alpha value is -3.82. The molecule has 0 radical (unpaired) electrons. The van der Waals surface area contributed by atoms with Crippen molar-refractivity contribution in [2.75, 3.05) is 18.5 Å². The topological polar surface area (TPSA) is 104 Å². The van der Waals surface area contributed by atoms with E-state index in [1.807, 2.05) is 20.8 Å². The maximum absolute atomic E-state index is 13.0. The van der Waals surface area contributed by atoms with Crippen LogP contribution in [0.4, 0.5) is 5.00 Å². The van der Waals surface area contributed by atoms with Gasteiger partial charge in [-0.3, -0.25) is 9.59 Å². The molecule has 10 heteroatoms. The first-order chi connectivity index (χ1) is 18.1. The van der Waals surface area contributed by atoms with Crippen molar-refractivity contribution >= 4 is 50.8 Å². The van der Waals surface area contributed by atoms with Gasteiger partial charge in [0.05, 0.1) is 17.6 Å². The lowest BCUT2D eigenvalue weighted by Crippen LogP contribution is -2.21.